The van der Waals surface area contributed by atoms with Gasteiger partial charge < -0.3 is 15.0 Å². The molecule has 2 heterocycles. The fraction of sp³-hybridized carbons (Fsp3) is 0.562. The van der Waals surface area contributed by atoms with Crippen LogP contribution in [0.5, 0.6) is 0 Å². The lowest BCUT2D eigenvalue weighted by atomic mass is 10.1. The number of halogens is 1. The van der Waals surface area contributed by atoms with Crippen LogP contribution in [0.4, 0.5) is 0 Å². The molecule has 0 aromatic heterocycles. The molecule has 2 unspecified atom stereocenters. The number of morpholine rings is 1. The summed E-state index contributed by atoms with van der Waals surface area (Å²) in [7, 11) is 0. The Kier molecular flexibility index (Phi) is 7.02. The van der Waals surface area contributed by atoms with Gasteiger partial charge >= 0.3 is 0 Å². The van der Waals surface area contributed by atoms with Gasteiger partial charge in [0.05, 0.1) is 13.2 Å². The molecule has 122 valence electrons. The lowest BCUT2D eigenvalue weighted by molar-refractivity contribution is -0.139. The van der Waals surface area contributed by atoms with Crippen molar-refractivity contribution in [1.29, 1.82) is 0 Å². The van der Waals surface area contributed by atoms with E-state index in [0.717, 1.165) is 23.6 Å². The number of thioether (sulfide) groups is 1. The Balaban J connectivity index is 0.00000176. The van der Waals surface area contributed by atoms with E-state index in [1.165, 1.54) is 0 Å². The van der Waals surface area contributed by atoms with Crippen molar-refractivity contribution in [3.8, 4) is 0 Å². The van der Waals surface area contributed by atoms with Gasteiger partial charge in [0.25, 0.3) is 0 Å². The van der Waals surface area contributed by atoms with Crippen LogP contribution in [0.2, 0.25) is 0 Å². The summed E-state index contributed by atoms with van der Waals surface area (Å²) in [6.45, 7) is 3.02. The number of hydrogen-bond acceptors (Lipinski definition) is 4. The van der Waals surface area contributed by atoms with Gasteiger partial charge in [-0.05, 0) is 5.56 Å². The molecule has 2 aliphatic rings. The quantitative estimate of drug-likeness (QED) is 0.913. The first kappa shape index (κ1) is 17.6. The van der Waals surface area contributed by atoms with Crippen molar-refractivity contribution in [1.82, 2.24) is 10.2 Å². The van der Waals surface area contributed by atoms with Crippen LogP contribution in [-0.2, 0) is 9.53 Å². The Morgan fingerprint density at radius 2 is 2.18 bits per heavy atom. The minimum absolute atomic E-state index is 0. The van der Waals surface area contributed by atoms with E-state index in [9.17, 15) is 4.79 Å². The molecule has 2 saturated heterocycles. The van der Waals surface area contributed by atoms with E-state index in [4.69, 9.17) is 4.74 Å². The van der Waals surface area contributed by atoms with Gasteiger partial charge in [0, 0.05) is 37.1 Å². The topological polar surface area (TPSA) is 41.6 Å². The van der Waals surface area contributed by atoms with E-state index < -0.39 is 0 Å². The Hall–Kier alpha value is -0.750. The smallest absolute Gasteiger partial charge is 0.224 e. The Bertz CT molecular complexity index is 468. The lowest BCUT2D eigenvalue weighted by Crippen LogP contribution is -2.46. The van der Waals surface area contributed by atoms with E-state index in [-0.39, 0.29) is 24.4 Å². The number of hydrogen-bond donors (Lipinski definition) is 1. The van der Waals surface area contributed by atoms with Gasteiger partial charge in [0.15, 0.2) is 0 Å². The molecular formula is C16H23ClN2O2S. The van der Waals surface area contributed by atoms with E-state index >= 15 is 0 Å². The van der Waals surface area contributed by atoms with Crippen molar-refractivity contribution < 1.29 is 9.53 Å². The predicted molar refractivity (Wildman–Crippen MR) is 92.7 cm³/mol. The number of nitrogens with zero attached hydrogens (tertiary/aromatic N) is 1. The molecule has 0 spiro atoms. The highest BCUT2D eigenvalue weighted by Crippen LogP contribution is 2.22. The highest BCUT2D eigenvalue weighted by atomic mass is 35.5. The van der Waals surface area contributed by atoms with Crippen LogP contribution in [0, 0.1) is 0 Å². The Morgan fingerprint density at radius 1 is 1.36 bits per heavy atom. The fourth-order valence-corrected chi connectivity index (χ4v) is 3.78. The summed E-state index contributed by atoms with van der Waals surface area (Å²) in [4.78, 5) is 14.4. The minimum Gasteiger partial charge on any atom is -0.370 e. The lowest BCUT2D eigenvalue weighted by Gasteiger charge is -2.34. The zero-order chi connectivity index (χ0) is 14.5. The maximum atomic E-state index is 12.5. The molecule has 4 nitrogen and oxygen atoms in total. The summed E-state index contributed by atoms with van der Waals surface area (Å²) >= 11 is 1.93. The van der Waals surface area contributed by atoms with Crippen molar-refractivity contribution in [2.75, 3.05) is 37.7 Å². The summed E-state index contributed by atoms with van der Waals surface area (Å²) in [5, 5.41) is 3.43. The largest absolute Gasteiger partial charge is 0.370 e. The van der Waals surface area contributed by atoms with Crippen LogP contribution in [0.3, 0.4) is 0 Å². The van der Waals surface area contributed by atoms with Gasteiger partial charge in [0.1, 0.15) is 6.10 Å². The molecule has 0 saturated carbocycles. The molecular weight excluding hydrogens is 320 g/mol. The van der Waals surface area contributed by atoms with E-state index in [1.807, 2.05) is 34.9 Å². The summed E-state index contributed by atoms with van der Waals surface area (Å²) in [6.07, 6.45) is 0.617. The number of nitrogens with one attached hydrogen (secondary N) is 1. The summed E-state index contributed by atoms with van der Waals surface area (Å²) < 4.78 is 5.82. The van der Waals surface area contributed by atoms with Crippen LogP contribution >= 0.6 is 24.2 Å². The second kappa shape index (κ2) is 8.77. The third kappa shape index (κ3) is 4.62. The summed E-state index contributed by atoms with van der Waals surface area (Å²) in [6, 6.07) is 10.5. The third-order valence-electron chi connectivity index (χ3n) is 4.01. The zero-order valence-electron chi connectivity index (χ0n) is 12.6. The Morgan fingerprint density at radius 3 is 2.91 bits per heavy atom. The minimum atomic E-state index is 0. The summed E-state index contributed by atoms with van der Waals surface area (Å²) in [5.74, 6) is 2.44. The molecule has 1 N–H and O–H groups in total. The first-order chi connectivity index (χ1) is 10.3. The average molecular weight is 343 g/mol. The molecule has 0 radical (unpaired) electrons. The number of ether oxygens (including phenoxy) is 1. The number of carbonyl (C=O) groups excluding carboxylic acids is 1. The molecule has 0 bridgehead atoms. The molecule has 3 rings (SSSR count). The van der Waals surface area contributed by atoms with E-state index in [2.05, 4.69) is 17.4 Å². The first-order valence-corrected chi connectivity index (χ1v) is 8.74. The Labute approximate surface area is 142 Å². The molecule has 1 amide bonds. The molecule has 1 aromatic rings. The molecule has 22 heavy (non-hydrogen) atoms. The highest BCUT2D eigenvalue weighted by Gasteiger charge is 2.27. The van der Waals surface area contributed by atoms with Crippen LogP contribution < -0.4 is 5.32 Å². The predicted octanol–water partition coefficient (Wildman–Crippen LogP) is 2.10. The number of rotatable bonds is 3. The molecule has 1 aromatic carbocycles. The molecule has 6 heteroatoms. The average Bonchev–Trinajstić information content (AvgIpc) is 2.57. The van der Waals surface area contributed by atoms with Crippen molar-refractivity contribution in [3.05, 3.63) is 35.9 Å². The SMILES string of the molecule is Cl.O=C(CC1CSCCN1)N1CCOC(c2ccccc2)C1. The fourth-order valence-electron chi connectivity index (χ4n) is 2.84. The zero-order valence-corrected chi connectivity index (χ0v) is 14.2. The third-order valence-corrected chi connectivity index (χ3v) is 5.14. The normalized spacial score (nSPS) is 25.4. The second-order valence-corrected chi connectivity index (χ2v) is 6.69. The number of benzene rings is 1. The van der Waals surface area contributed by atoms with Crippen molar-refractivity contribution >= 4 is 30.1 Å². The summed E-state index contributed by atoms with van der Waals surface area (Å²) in [5.41, 5.74) is 1.15. The molecule has 0 aliphatic carbocycles. The van der Waals surface area contributed by atoms with Gasteiger partial charge in [0.2, 0.25) is 5.91 Å². The highest BCUT2D eigenvalue weighted by molar-refractivity contribution is 7.99. The first-order valence-electron chi connectivity index (χ1n) is 7.58. The van der Waals surface area contributed by atoms with Crippen molar-refractivity contribution in [3.63, 3.8) is 0 Å². The van der Waals surface area contributed by atoms with E-state index in [0.29, 0.717) is 32.2 Å². The maximum Gasteiger partial charge on any atom is 0.224 e. The number of amides is 1. The van der Waals surface area contributed by atoms with Crippen molar-refractivity contribution in [2.45, 2.75) is 18.6 Å². The van der Waals surface area contributed by atoms with Crippen LogP contribution in [0.25, 0.3) is 0 Å². The monoisotopic (exact) mass is 342 g/mol. The van der Waals surface area contributed by atoms with Gasteiger partial charge in [-0.25, -0.2) is 0 Å². The van der Waals surface area contributed by atoms with Gasteiger partial charge in [-0.15, -0.1) is 12.4 Å². The van der Waals surface area contributed by atoms with Crippen LogP contribution in [-0.4, -0.2) is 54.6 Å². The second-order valence-electron chi connectivity index (χ2n) is 5.54. The van der Waals surface area contributed by atoms with Gasteiger partial charge in [-0.3, -0.25) is 4.79 Å². The van der Waals surface area contributed by atoms with Gasteiger partial charge in [-0.2, -0.15) is 11.8 Å². The molecule has 2 aliphatic heterocycles. The number of carbonyl (C=O) groups is 1. The maximum absolute atomic E-state index is 12.5. The molecule has 2 fully saturated rings. The van der Waals surface area contributed by atoms with Crippen molar-refractivity contribution in [2.24, 2.45) is 0 Å². The van der Waals surface area contributed by atoms with E-state index in [1.54, 1.807) is 0 Å². The molecule has 2 atom stereocenters. The van der Waals surface area contributed by atoms with Crippen LogP contribution in [0.1, 0.15) is 18.1 Å². The van der Waals surface area contributed by atoms with Gasteiger partial charge in [-0.1, -0.05) is 30.3 Å². The standard InChI is InChI=1S/C16H22N2O2S.ClH/c19-16(10-14-12-21-9-6-17-14)18-7-8-20-15(11-18)13-4-2-1-3-5-13;/h1-5,14-15,17H,6-12H2;1H. The van der Waals surface area contributed by atoms with Crippen LogP contribution in [0.15, 0.2) is 30.3 Å².